The van der Waals surface area contributed by atoms with Crippen molar-refractivity contribution in [1.29, 1.82) is 0 Å². The Morgan fingerprint density at radius 1 is 1.22 bits per heavy atom. The standard InChI is InChI=1S/C6H11BrO2/c7-4-2-1-3-5(8)6(4)9/h4-6,8-9H,1-3H2/t4-,5+,6+/m1/s1. The van der Waals surface area contributed by atoms with Crippen LogP contribution in [-0.2, 0) is 0 Å². The molecule has 0 aromatic carbocycles. The molecule has 1 aliphatic carbocycles. The molecule has 0 aliphatic heterocycles. The average Bonchev–Trinajstić information content (AvgIpc) is 1.83. The second kappa shape index (κ2) is 2.99. The van der Waals surface area contributed by atoms with E-state index in [1.54, 1.807) is 0 Å². The molecule has 0 radical (unpaired) electrons. The lowest BCUT2D eigenvalue weighted by Crippen LogP contribution is -2.37. The molecule has 2 nitrogen and oxygen atoms in total. The lowest BCUT2D eigenvalue weighted by molar-refractivity contribution is -0.00306. The van der Waals surface area contributed by atoms with Gasteiger partial charge < -0.3 is 10.2 Å². The molecule has 0 aromatic heterocycles. The van der Waals surface area contributed by atoms with Gasteiger partial charge >= 0.3 is 0 Å². The highest BCUT2D eigenvalue weighted by Crippen LogP contribution is 2.24. The van der Waals surface area contributed by atoms with Gasteiger partial charge in [-0.05, 0) is 19.3 Å². The van der Waals surface area contributed by atoms with Crippen LogP contribution in [0.1, 0.15) is 19.3 Å². The minimum absolute atomic E-state index is 0.0984. The third-order valence-electron chi connectivity index (χ3n) is 1.74. The van der Waals surface area contributed by atoms with Crippen LogP contribution in [0.2, 0.25) is 0 Å². The topological polar surface area (TPSA) is 40.5 Å². The molecule has 0 spiro atoms. The summed E-state index contributed by atoms with van der Waals surface area (Å²) in [6.07, 6.45) is 1.65. The van der Waals surface area contributed by atoms with Crippen LogP contribution in [0.3, 0.4) is 0 Å². The largest absolute Gasteiger partial charge is 0.390 e. The van der Waals surface area contributed by atoms with Crippen LogP contribution in [0.15, 0.2) is 0 Å². The molecule has 2 N–H and O–H groups in total. The Morgan fingerprint density at radius 3 is 2.33 bits per heavy atom. The summed E-state index contributed by atoms with van der Waals surface area (Å²) in [7, 11) is 0. The van der Waals surface area contributed by atoms with E-state index in [9.17, 15) is 0 Å². The monoisotopic (exact) mass is 194 g/mol. The number of hydrogen-bond acceptors (Lipinski definition) is 2. The minimum atomic E-state index is -0.557. The van der Waals surface area contributed by atoms with Gasteiger partial charge in [0.05, 0.1) is 12.2 Å². The molecule has 1 fully saturated rings. The van der Waals surface area contributed by atoms with Crippen LogP contribution in [0, 0.1) is 0 Å². The van der Waals surface area contributed by atoms with E-state index >= 15 is 0 Å². The summed E-state index contributed by atoms with van der Waals surface area (Å²) in [6, 6.07) is 0. The molecule has 1 aliphatic rings. The number of hydrogen-bond donors (Lipinski definition) is 2. The molecule has 0 heterocycles. The summed E-state index contributed by atoms with van der Waals surface area (Å²) in [5.41, 5.74) is 0. The summed E-state index contributed by atoms with van der Waals surface area (Å²) in [5, 5.41) is 18.2. The van der Waals surface area contributed by atoms with Gasteiger partial charge in [0.25, 0.3) is 0 Å². The van der Waals surface area contributed by atoms with Crippen molar-refractivity contribution in [2.75, 3.05) is 0 Å². The first-order valence-corrected chi connectivity index (χ1v) is 4.13. The first kappa shape index (κ1) is 7.51. The second-order valence-corrected chi connectivity index (χ2v) is 3.68. The molecule has 0 bridgehead atoms. The highest BCUT2D eigenvalue weighted by molar-refractivity contribution is 9.09. The maximum absolute atomic E-state index is 9.15. The fourth-order valence-electron chi connectivity index (χ4n) is 1.10. The Kier molecular flexibility index (Phi) is 2.50. The predicted octanol–water partition coefficient (Wildman–Crippen LogP) is 0.656. The number of aliphatic hydroxyl groups excluding tert-OH is 2. The molecule has 0 unspecified atom stereocenters. The first-order chi connectivity index (χ1) is 4.22. The van der Waals surface area contributed by atoms with Gasteiger partial charge in [0.1, 0.15) is 0 Å². The van der Waals surface area contributed by atoms with E-state index in [-0.39, 0.29) is 4.83 Å². The van der Waals surface area contributed by atoms with Crippen LogP contribution in [0.5, 0.6) is 0 Å². The van der Waals surface area contributed by atoms with Crippen LogP contribution in [0.4, 0.5) is 0 Å². The lowest BCUT2D eigenvalue weighted by atomic mass is 9.95. The Balaban J connectivity index is 2.41. The molecule has 9 heavy (non-hydrogen) atoms. The summed E-state index contributed by atoms with van der Waals surface area (Å²) in [4.78, 5) is 0.0984. The van der Waals surface area contributed by atoms with Crippen molar-refractivity contribution in [2.45, 2.75) is 36.3 Å². The molecule has 3 heteroatoms. The molecular formula is C6H11BrO2. The van der Waals surface area contributed by atoms with Crippen molar-refractivity contribution >= 4 is 15.9 Å². The molecule has 0 aromatic rings. The van der Waals surface area contributed by atoms with Crippen molar-refractivity contribution in [3.05, 3.63) is 0 Å². The zero-order chi connectivity index (χ0) is 6.85. The summed E-state index contributed by atoms with van der Waals surface area (Å²) >= 11 is 3.28. The minimum Gasteiger partial charge on any atom is -0.390 e. The molecular weight excluding hydrogens is 184 g/mol. The van der Waals surface area contributed by atoms with Crippen molar-refractivity contribution in [2.24, 2.45) is 0 Å². The fourth-order valence-corrected chi connectivity index (χ4v) is 1.78. The van der Waals surface area contributed by atoms with Crippen LogP contribution in [-0.4, -0.2) is 27.2 Å². The second-order valence-electron chi connectivity index (χ2n) is 2.50. The zero-order valence-electron chi connectivity index (χ0n) is 5.13. The van der Waals surface area contributed by atoms with Gasteiger partial charge in [0.15, 0.2) is 0 Å². The van der Waals surface area contributed by atoms with Gasteiger partial charge in [-0.3, -0.25) is 0 Å². The van der Waals surface area contributed by atoms with Gasteiger partial charge in [-0.1, -0.05) is 15.9 Å². The van der Waals surface area contributed by atoms with Crippen molar-refractivity contribution in [3.63, 3.8) is 0 Å². The third-order valence-corrected chi connectivity index (χ3v) is 2.74. The summed E-state index contributed by atoms with van der Waals surface area (Å²) in [6.45, 7) is 0. The van der Waals surface area contributed by atoms with E-state index in [2.05, 4.69) is 15.9 Å². The molecule has 0 amide bonds. The summed E-state index contributed by atoms with van der Waals surface area (Å²) < 4.78 is 0. The van der Waals surface area contributed by atoms with Crippen LogP contribution < -0.4 is 0 Å². The van der Waals surface area contributed by atoms with Crippen LogP contribution in [0.25, 0.3) is 0 Å². The average molecular weight is 195 g/mol. The highest BCUT2D eigenvalue weighted by atomic mass is 79.9. The smallest absolute Gasteiger partial charge is 0.0923 e. The van der Waals surface area contributed by atoms with E-state index in [1.165, 1.54) is 0 Å². The van der Waals surface area contributed by atoms with E-state index < -0.39 is 12.2 Å². The van der Waals surface area contributed by atoms with E-state index in [0.29, 0.717) is 0 Å². The Hall–Kier alpha value is 0.400. The van der Waals surface area contributed by atoms with E-state index in [0.717, 1.165) is 19.3 Å². The number of halogens is 1. The van der Waals surface area contributed by atoms with Crippen molar-refractivity contribution < 1.29 is 10.2 Å². The molecule has 0 saturated heterocycles. The van der Waals surface area contributed by atoms with E-state index in [4.69, 9.17) is 10.2 Å². The number of aliphatic hydroxyl groups is 2. The predicted molar refractivity (Wildman–Crippen MR) is 38.6 cm³/mol. The molecule has 1 saturated carbocycles. The fraction of sp³-hybridized carbons (Fsp3) is 1.00. The van der Waals surface area contributed by atoms with Crippen molar-refractivity contribution in [1.82, 2.24) is 0 Å². The normalized spacial score (nSPS) is 45.0. The highest BCUT2D eigenvalue weighted by Gasteiger charge is 2.27. The van der Waals surface area contributed by atoms with Gasteiger partial charge in [-0.15, -0.1) is 0 Å². The van der Waals surface area contributed by atoms with Gasteiger partial charge in [-0.2, -0.15) is 0 Å². The Morgan fingerprint density at radius 2 is 1.89 bits per heavy atom. The number of alkyl halides is 1. The summed E-state index contributed by atoms with van der Waals surface area (Å²) in [5.74, 6) is 0. The zero-order valence-corrected chi connectivity index (χ0v) is 6.71. The van der Waals surface area contributed by atoms with Gasteiger partial charge in [-0.25, -0.2) is 0 Å². The third kappa shape index (κ3) is 1.66. The first-order valence-electron chi connectivity index (χ1n) is 3.22. The number of rotatable bonds is 0. The Labute approximate surface area is 63.0 Å². The molecule has 54 valence electrons. The van der Waals surface area contributed by atoms with Crippen molar-refractivity contribution in [3.8, 4) is 0 Å². The maximum Gasteiger partial charge on any atom is 0.0923 e. The van der Waals surface area contributed by atoms with Gasteiger partial charge in [0, 0.05) is 4.83 Å². The lowest BCUT2D eigenvalue weighted by Gasteiger charge is -2.27. The Bertz CT molecular complexity index is 87.1. The SMILES string of the molecule is O[C@H]1[C@H](Br)CCC[C@@H]1O. The maximum atomic E-state index is 9.15. The molecule has 1 rings (SSSR count). The quantitative estimate of drug-likeness (QED) is 0.557. The molecule has 3 atom stereocenters. The van der Waals surface area contributed by atoms with Crippen LogP contribution >= 0.6 is 15.9 Å². The van der Waals surface area contributed by atoms with E-state index in [1.807, 2.05) is 0 Å². The van der Waals surface area contributed by atoms with Gasteiger partial charge in [0.2, 0.25) is 0 Å².